The van der Waals surface area contributed by atoms with Crippen LogP contribution in [0, 0.1) is 5.82 Å². The minimum Gasteiger partial charge on any atom is -0.497 e. The molecule has 1 unspecified atom stereocenters. The van der Waals surface area contributed by atoms with Crippen LogP contribution < -0.4 is 15.8 Å². The number of carbonyl (C=O) groups is 2. The number of sulfonamides is 1. The molecule has 0 bridgehead atoms. The van der Waals surface area contributed by atoms with Crippen LogP contribution in [0.25, 0.3) is 0 Å². The summed E-state index contributed by atoms with van der Waals surface area (Å²) in [5.41, 5.74) is 6.24. The Bertz CT molecular complexity index is 1270. The zero-order chi connectivity index (χ0) is 26.7. The molecular formula is C25H30ClFN4O5S. The Balaban J connectivity index is 1.71. The van der Waals surface area contributed by atoms with Gasteiger partial charge in [0.1, 0.15) is 11.6 Å². The van der Waals surface area contributed by atoms with Crippen molar-refractivity contribution in [1.29, 1.82) is 0 Å². The Kier molecular flexibility index (Phi) is 8.37. The number of methoxy groups -OCH3 is 1. The van der Waals surface area contributed by atoms with E-state index in [1.807, 2.05) is 0 Å². The predicted octanol–water partition coefficient (Wildman–Crippen LogP) is 2.74. The average Bonchev–Trinajstić information content (AvgIpc) is 2.90. The first-order valence-electron chi connectivity index (χ1n) is 12.1. The lowest BCUT2D eigenvalue weighted by Crippen LogP contribution is -2.64. The Labute approximate surface area is 220 Å². The number of hydrogen-bond acceptors (Lipinski definition) is 6. The molecular weight excluding hydrogens is 523 g/mol. The van der Waals surface area contributed by atoms with Gasteiger partial charge in [0.2, 0.25) is 10.0 Å². The number of nitrogens with zero attached hydrogens (tertiary/aromatic N) is 2. The lowest BCUT2D eigenvalue weighted by atomic mass is 9.92. The molecule has 200 valence electrons. The Morgan fingerprint density at radius 2 is 1.84 bits per heavy atom. The molecule has 2 aromatic carbocycles. The maximum Gasteiger partial charge on any atom is 0.259 e. The molecule has 12 heteroatoms. The Hall–Kier alpha value is -2.73. The number of nitrogens with one attached hydrogen (secondary N) is 1. The van der Waals surface area contributed by atoms with Gasteiger partial charge in [-0.05, 0) is 68.5 Å². The van der Waals surface area contributed by atoms with Crippen molar-refractivity contribution in [2.45, 2.75) is 55.2 Å². The van der Waals surface area contributed by atoms with E-state index < -0.39 is 33.8 Å². The van der Waals surface area contributed by atoms with Crippen LogP contribution in [0.4, 0.5) is 4.39 Å². The lowest BCUT2D eigenvalue weighted by molar-refractivity contribution is -0.132. The minimum absolute atomic E-state index is 0.00710. The van der Waals surface area contributed by atoms with Crippen molar-refractivity contribution in [3.05, 3.63) is 58.9 Å². The number of carbonyl (C=O) groups excluding carboxylic acids is 2. The molecule has 1 heterocycles. The number of ether oxygens (including phenoxy) is 1. The van der Waals surface area contributed by atoms with Crippen LogP contribution in [0.3, 0.4) is 0 Å². The molecule has 1 aliphatic carbocycles. The van der Waals surface area contributed by atoms with Gasteiger partial charge in [0.15, 0.2) is 6.17 Å². The molecule has 2 amide bonds. The summed E-state index contributed by atoms with van der Waals surface area (Å²) in [5.74, 6) is -1.43. The van der Waals surface area contributed by atoms with Crippen molar-refractivity contribution >= 4 is 33.4 Å². The van der Waals surface area contributed by atoms with Crippen LogP contribution in [0.2, 0.25) is 5.02 Å². The first-order chi connectivity index (χ1) is 17.6. The van der Waals surface area contributed by atoms with E-state index in [1.54, 1.807) is 18.2 Å². The van der Waals surface area contributed by atoms with Gasteiger partial charge in [0.05, 0.1) is 17.0 Å². The number of halogens is 2. The molecule has 3 N–H and O–H groups in total. The number of nitrogens with two attached hydrogens (primary N) is 1. The quantitative estimate of drug-likeness (QED) is 0.568. The second kappa shape index (κ2) is 11.3. The maximum absolute atomic E-state index is 13.8. The molecule has 2 aromatic rings. The van der Waals surface area contributed by atoms with Crippen molar-refractivity contribution in [2.75, 3.05) is 20.2 Å². The molecule has 1 atom stereocenters. The highest BCUT2D eigenvalue weighted by atomic mass is 35.5. The number of benzene rings is 2. The normalized spacial score (nSPS) is 22.9. The fourth-order valence-corrected chi connectivity index (χ4v) is 6.63. The third-order valence-corrected chi connectivity index (χ3v) is 8.91. The second-order valence-electron chi connectivity index (χ2n) is 9.27. The lowest BCUT2D eigenvalue weighted by Gasteiger charge is -2.42. The third-order valence-electron chi connectivity index (χ3n) is 6.77. The van der Waals surface area contributed by atoms with Crippen LogP contribution in [-0.4, -0.2) is 67.9 Å². The van der Waals surface area contributed by atoms with Gasteiger partial charge < -0.3 is 20.7 Å². The smallest absolute Gasteiger partial charge is 0.259 e. The highest BCUT2D eigenvalue weighted by Gasteiger charge is 2.45. The van der Waals surface area contributed by atoms with Crippen LogP contribution in [0.15, 0.2) is 47.4 Å². The molecule has 2 fully saturated rings. The van der Waals surface area contributed by atoms with Gasteiger partial charge in [-0.1, -0.05) is 17.7 Å². The molecule has 0 radical (unpaired) electrons. The van der Waals surface area contributed by atoms with E-state index in [-0.39, 0.29) is 40.7 Å². The first kappa shape index (κ1) is 27.3. The molecule has 9 nitrogen and oxygen atoms in total. The monoisotopic (exact) mass is 552 g/mol. The zero-order valence-corrected chi connectivity index (χ0v) is 22.0. The standard InChI is InChI=1S/C25H30ClFN4O5S/c1-36-19-5-2-4-16(14-19)25(33)30-12-3-13-31(37(34,35)20-10-11-22(27)21(26)15-20)24(30)23(32)29-18-8-6-17(28)7-9-18/h2,4-5,10-11,14-15,17-18,24H,3,6-9,12-13,28H2,1H3,(H,29,32). The van der Waals surface area contributed by atoms with Gasteiger partial charge in [-0.25, -0.2) is 12.8 Å². The molecule has 2 aliphatic rings. The SMILES string of the molecule is COc1cccc(C(=O)N2CCCN(S(=O)(=O)c3ccc(F)c(Cl)c3)C2C(=O)NC2CCC(N)CC2)c1. The summed E-state index contributed by atoms with van der Waals surface area (Å²) < 4.78 is 47.4. The molecule has 0 aromatic heterocycles. The van der Waals surface area contributed by atoms with Crippen LogP contribution in [0.1, 0.15) is 42.5 Å². The van der Waals surface area contributed by atoms with E-state index in [0.29, 0.717) is 25.0 Å². The topological polar surface area (TPSA) is 122 Å². The van der Waals surface area contributed by atoms with Crippen molar-refractivity contribution in [2.24, 2.45) is 5.73 Å². The summed E-state index contributed by atoms with van der Waals surface area (Å²) in [5, 5.41) is 2.58. The van der Waals surface area contributed by atoms with E-state index >= 15 is 0 Å². The summed E-state index contributed by atoms with van der Waals surface area (Å²) in [4.78, 5) is 28.3. The summed E-state index contributed by atoms with van der Waals surface area (Å²) in [6.07, 6.45) is 1.63. The molecule has 4 rings (SSSR count). The van der Waals surface area contributed by atoms with E-state index in [2.05, 4.69) is 5.32 Å². The third kappa shape index (κ3) is 5.90. The minimum atomic E-state index is -4.32. The van der Waals surface area contributed by atoms with Gasteiger partial charge >= 0.3 is 0 Å². The van der Waals surface area contributed by atoms with Gasteiger partial charge in [-0.2, -0.15) is 4.31 Å². The van der Waals surface area contributed by atoms with Crippen LogP contribution in [0.5, 0.6) is 5.75 Å². The fraction of sp³-hybridized carbons (Fsp3) is 0.440. The van der Waals surface area contributed by atoms with E-state index in [0.717, 1.165) is 35.3 Å². The van der Waals surface area contributed by atoms with Crippen molar-refractivity contribution in [3.8, 4) is 5.75 Å². The van der Waals surface area contributed by atoms with Crippen LogP contribution in [-0.2, 0) is 14.8 Å². The van der Waals surface area contributed by atoms with E-state index in [4.69, 9.17) is 22.1 Å². The molecule has 0 spiro atoms. The van der Waals surface area contributed by atoms with Gasteiger partial charge in [-0.3, -0.25) is 9.59 Å². The van der Waals surface area contributed by atoms with Gasteiger partial charge in [0.25, 0.3) is 11.8 Å². The second-order valence-corrected chi connectivity index (χ2v) is 11.6. The molecule has 1 aliphatic heterocycles. The molecule has 1 saturated carbocycles. The fourth-order valence-electron chi connectivity index (χ4n) is 4.77. The van der Waals surface area contributed by atoms with Crippen LogP contribution >= 0.6 is 11.6 Å². The van der Waals surface area contributed by atoms with Crippen molar-refractivity contribution in [3.63, 3.8) is 0 Å². The number of amides is 2. The summed E-state index contributed by atoms with van der Waals surface area (Å²) in [7, 11) is -2.85. The van der Waals surface area contributed by atoms with Gasteiger partial charge in [-0.15, -0.1) is 0 Å². The average molecular weight is 553 g/mol. The highest BCUT2D eigenvalue weighted by molar-refractivity contribution is 7.89. The number of hydrogen-bond donors (Lipinski definition) is 2. The highest BCUT2D eigenvalue weighted by Crippen LogP contribution is 2.29. The predicted molar refractivity (Wildman–Crippen MR) is 136 cm³/mol. The maximum atomic E-state index is 13.8. The molecule has 1 saturated heterocycles. The number of rotatable bonds is 6. The Morgan fingerprint density at radius 3 is 2.51 bits per heavy atom. The largest absolute Gasteiger partial charge is 0.497 e. The first-order valence-corrected chi connectivity index (χ1v) is 13.9. The summed E-state index contributed by atoms with van der Waals surface area (Å²) in [6.45, 7) is 0.159. The van der Waals surface area contributed by atoms with Crippen molar-refractivity contribution < 1.29 is 27.1 Å². The zero-order valence-electron chi connectivity index (χ0n) is 20.4. The van der Waals surface area contributed by atoms with E-state index in [1.165, 1.54) is 18.1 Å². The van der Waals surface area contributed by atoms with E-state index in [9.17, 15) is 22.4 Å². The Morgan fingerprint density at radius 1 is 1.11 bits per heavy atom. The summed E-state index contributed by atoms with van der Waals surface area (Å²) in [6, 6.07) is 9.37. The summed E-state index contributed by atoms with van der Waals surface area (Å²) >= 11 is 5.86. The van der Waals surface area contributed by atoms with Gasteiger partial charge in [0, 0.05) is 30.7 Å². The molecule has 37 heavy (non-hydrogen) atoms. The van der Waals surface area contributed by atoms with Crippen molar-refractivity contribution in [1.82, 2.24) is 14.5 Å².